The molecule has 0 saturated heterocycles. The van der Waals surface area contributed by atoms with Crippen molar-refractivity contribution in [2.45, 2.75) is 26.3 Å². The summed E-state index contributed by atoms with van der Waals surface area (Å²) in [5.74, 6) is 1.69. The van der Waals surface area contributed by atoms with E-state index in [1.54, 1.807) is 0 Å². The first-order valence-corrected chi connectivity index (χ1v) is 6.52. The average molecular weight is 284 g/mol. The number of halogens is 1. The Balaban J connectivity index is 2.23. The highest BCUT2D eigenvalue weighted by molar-refractivity contribution is 9.10. The van der Waals surface area contributed by atoms with Crippen molar-refractivity contribution >= 4 is 21.6 Å². The van der Waals surface area contributed by atoms with E-state index >= 15 is 0 Å². The Bertz CT molecular complexity index is 378. The highest BCUT2D eigenvalue weighted by atomic mass is 79.9. The zero-order valence-corrected chi connectivity index (χ0v) is 11.6. The minimum atomic E-state index is 0.488. The summed E-state index contributed by atoms with van der Waals surface area (Å²) in [6.45, 7) is 5.30. The van der Waals surface area contributed by atoms with Crippen LogP contribution < -0.4 is 9.64 Å². The molecule has 1 aliphatic heterocycles. The third-order valence-corrected chi connectivity index (χ3v) is 3.52. The summed E-state index contributed by atoms with van der Waals surface area (Å²) in [6.07, 6.45) is 1.17. The molecule has 1 atom stereocenters. The summed E-state index contributed by atoms with van der Waals surface area (Å²) in [5.41, 5.74) is 1.19. The number of rotatable bonds is 2. The molecule has 0 aliphatic carbocycles. The zero-order valence-electron chi connectivity index (χ0n) is 10.0. The molecule has 1 heterocycles. The van der Waals surface area contributed by atoms with Gasteiger partial charge >= 0.3 is 0 Å². The largest absolute Gasteiger partial charge is 0.489 e. The van der Waals surface area contributed by atoms with Gasteiger partial charge in [0, 0.05) is 11.5 Å². The number of anilines is 1. The maximum absolute atomic E-state index is 5.80. The van der Waals surface area contributed by atoms with Gasteiger partial charge in [-0.05, 0) is 30.5 Å². The van der Waals surface area contributed by atoms with Crippen molar-refractivity contribution in [3.63, 3.8) is 0 Å². The van der Waals surface area contributed by atoms with Crippen molar-refractivity contribution in [1.29, 1.82) is 0 Å². The van der Waals surface area contributed by atoms with E-state index in [1.165, 1.54) is 12.1 Å². The molecule has 0 amide bonds. The Hall–Kier alpha value is -0.700. The van der Waals surface area contributed by atoms with Crippen LogP contribution in [0.5, 0.6) is 5.75 Å². The number of hydrogen-bond donors (Lipinski definition) is 0. The summed E-state index contributed by atoms with van der Waals surface area (Å²) in [6, 6.07) is 6.67. The van der Waals surface area contributed by atoms with E-state index < -0.39 is 0 Å². The van der Waals surface area contributed by atoms with E-state index in [9.17, 15) is 0 Å². The van der Waals surface area contributed by atoms with Crippen molar-refractivity contribution in [3.8, 4) is 5.75 Å². The second kappa shape index (κ2) is 4.66. The molecular weight excluding hydrogens is 266 g/mol. The Morgan fingerprint density at radius 1 is 1.50 bits per heavy atom. The van der Waals surface area contributed by atoms with Crippen LogP contribution in [-0.2, 0) is 0 Å². The molecular formula is C13H18BrNO. The van der Waals surface area contributed by atoms with E-state index in [1.807, 2.05) is 12.1 Å². The van der Waals surface area contributed by atoms with Crippen LogP contribution in [0, 0.1) is 5.92 Å². The molecule has 0 N–H and O–H groups in total. The van der Waals surface area contributed by atoms with Gasteiger partial charge in [-0.1, -0.05) is 29.8 Å². The molecule has 2 nitrogen and oxygen atoms in total. The molecule has 0 radical (unpaired) electrons. The lowest BCUT2D eigenvalue weighted by Gasteiger charge is -2.36. The summed E-state index contributed by atoms with van der Waals surface area (Å²) < 4.78 is 6.90. The lowest BCUT2D eigenvalue weighted by Crippen LogP contribution is -2.41. The number of likely N-dealkylation sites (N-methyl/N-ethyl adjacent to an activating group) is 1. The van der Waals surface area contributed by atoms with Gasteiger partial charge < -0.3 is 9.64 Å². The fourth-order valence-electron chi connectivity index (χ4n) is 2.15. The number of hydrogen-bond acceptors (Lipinski definition) is 2. The Morgan fingerprint density at radius 3 is 2.94 bits per heavy atom. The highest BCUT2D eigenvalue weighted by Crippen LogP contribution is 2.36. The Kier molecular flexibility index (Phi) is 3.43. The molecule has 0 saturated carbocycles. The number of nitrogens with zero attached hydrogens (tertiary/aromatic N) is 1. The SMILES string of the molecule is CC(C)CC1COc2ccc(Br)cc2N1C. The predicted molar refractivity (Wildman–Crippen MR) is 71.3 cm³/mol. The van der Waals surface area contributed by atoms with Gasteiger partial charge in [0.05, 0.1) is 11.7 Å². The van der Waals surface area contributed by atoms with Gasteiger partial charge in [-0.2, -0.15) is 0 Å². The lowest BCUT2D eigenvalue weighted by atomic mass is 10.0. The van der Waals surface area contributed by atoms with Crippen LogP contribution in [0.1, 0.15) is 20.3 Å². The quantitative estimate of drug-likeness (QED) is 0.821. The molecule has 1 aliphatic rings. The molecule has 2 rings (SSSR count). The van der Waals surface area contributed by atoms with E-state index in [4.69, 9.17) is 4.74 Å². The standard InChI is InChI=1S/C13H18BrNO/c1-9(2)6-11-8-16-13-5-4-10(14)7-12(13)15(11)3/h4-5,7,9,11H,6,8H2,1-3H3. The first-order chi connectivity index (χ1) is 7.58. The Labute approximate surface area is 106 Å². The van der Waals surface area contributed by atoms with Crippen LogP contribution in [0.15, 0.2) is 22.7 Å². The molecule has 0 fully saturated rings. The topological polar surface area (TPSA) is 12.5 Å². The first kappa shape index (κ1) is 11.8. The van der Waals surface area contributed by atoms with Crippen LogP contribution >= 0.6 is 15.9 Å². The summed E-state index contributed by atoms with van der Waals surface area (Å²) in [4.78, 5) is 2.34. The number of benzene rings is 1. The van der Waals surface area contributed by atoms with Gasteiger partial charge in [0.15, 0.2) is 0 Å². The minimum absolute atomic E-state index is 0.488. The molecule has 0 spiro atoms. The maximum atomic E-state index is 5.80. The van der Waals surface area contributed by atoms with Crippen LogP contribution in [-0.4, -0.2) is 19.7 Å². The molecule has 1 aromatic rings. The van der Waals surface area contributed by atoms with Gasteiger partial charge in [0.25, 0.3) is 0 Å². The molecule has 0 bridgehead atoms. The smallest absolute Gasteiger partial charge is 0.142 e. The fourth-order valence-corrected chi connectivity index (χ4v) is 2.50. The summed E-state index contributed by atoms with van der Waals surface area (Å²) >= 11 is 3.51. The molecule has 0 aromatic heterocycles. The zero-order chi connectivity index (χ0) is 11.7. The van der Waals surface area contributed by atoms with Crippen LogP contribution in [0.4, 0.5) is 5.69 Å². The van der Waals surface area contributed by atoms with E-state index in [0.29, 0.717) is 12.0 Å². The third kappa shape index (κ3) is 2.34. The van der Waals surface area contributed by atoms with Gasteiger partial charge in [-0.15, -0.1) is 0 Å². The highest BCUT2D eigenvalue weighted by Gasteiger charge is 2.25. The monoisotopic (exact) mass is 283 g/mol. The second-order valence-corrected chi connectivity index (χ2v) is 5.73. The average Bonchev–Trinajstić information content (AvgIpc) is 2.22. The Morgan fingerprint density at radius 2 is 2.25 bits per heavy atom. The van der Waals surface area contributed by atoms with Crippen molar-refractivity contribution in [3.05, 3.63) is 22.7 Å². The van der Waals surface area contributed by atoms with E-state index in [-0.39, 0.29) is 0 Å². The van der Waals surface area contributed by atoms with Gasteiger partial charge in [0.2, 0.25) is 0 Å². The molecule has 3 heteroatoms. The minimum Gasteiger partial charge on any atom is -0.489 e. The van der Waals surface area contributed by atoms with E-state index in [2.05, 4.69) is 47.8 Å². The summed E-state index contributed by atoms with van der Waals surface area (Å²) in [7, 11) is 2.15. The van der Waals surface area contributed by atoms with Gasteiger partial charge in [-0.3, -0.25) is 0 Å². The first-order valence-electron chi connectivity index (χ1n) is 5.73. The van der Waals surface area contributed by atoms with E-state index in [0.717, 1.165) is 16.8 Å². The molecule has 1 unspecified atom stereocenters. The van der Waals surface area contributed by atoms with Crippen molar-refractivity contribution in [2.24, 2.45) is 5.92 Å². The fraction of sp³-hybridized carbons (Fsp3) is 0.538. The van der Waals surface area contributed by atoms with Gasteiger partial charge in [0.1, 0.15) is 12.4 Å². The van der Waals surface area contributed by atoms with Crippen LogP contribution in [0.3, 0.4) is 0 Å². The second-order valence-electron chi connectivity index (χ2n) is 4.82. The molecule has 16 heavy (non-hydrogen) atoms. The third-order valence-electron chi connectivity index (χ3n) is 3.02. The predicted octanol–water partition coefficient (Wildman–Crippen LogP) is 3.69. The summed E-state index contributed by atoms with van der Waals surface area (Å²) in [5, 5.41) is 0. The maximum Gasteiger partial charge on any atom is 0.142 e. The van der Waals surface area contributed by atoms with Crippen LogP contribution in [0.2, 0.25) is 0 Å². The lowest BCUT2D eigenvalue weighted by molar-refractivity contribution is 0.249. The van der Waals surface area contributed by atoms with Crippen LogP contribution in [0.25, 0.3) is 0 Å². The molecule has 1 aromatic carbocycles. The van der Waals surface area contributed by atoms with Crippen molar-refractivity contribution in [1.82, 2.24) is 0 Å². The van der Waals surface area contributed by atoms with Crippen molar-refractivity contribution in [2.75, 3.05) is 18.6 Å². The number of ether oxygens (including phenoxy) is 1. The normalized spacial score (nSPS) is 19.6. The van der Waals surface area contributed by atoms with Crippen molar-refractivity contribution < 1.29 is 4.74 Å². The molecule has 88 valence electrons. The van der Waals surface area contributed by atoms with Gasteiger partial charge in [-0.25, -0.2) is 0 Å². The number of fused-ring (bicyclic) bond motifs is 1.